The van der Waals surface area contributed by atoms with Crippen LogP contribution in [0.2, 0.25) is 0 Å². The Morgan fingerprint density at radius 1 is 1.50 bits per heavy atom. The van der Waals surface area contributed by atoms with Crippen molar-refractivity contribution in [1.82, 2.24) is 25.7 Å². The molecule has 0 amide bonds. The minimum absolute atomic E-state index is 0.262. The van der Waals surface area contributed by atoms with Gasteiger partial charge in [-0.1, -0.05) is 18.3 Å². The van der Waals surface area contributed by atoms with Crippen molar-refractivity contribution in [3.05, 3.63) is 17.4 Å². The van der Waals surface area contributed by atoms with Crippen LogP contribution in [0.4, 0.5) is 0 Å². The van der Waals surface area contributed by atoms with Crippen LogP contribution in [0, 0.1) is 0 Å². The second-order valence-corrected chi connectivity index (χ2v) is 4.62. The zero-order chi connectivity index (χ0) is 11.4. The lowest BCUT2D eigenvalue weighted by Gasteiger charge is -2.08. The van der Waals surface area contributed by atoms with E-state index >= 15 is 0 Å². The molecule has 5 nitrogen and oxygen atoms in total. The summed E-state index contributed by atoms with van der Waals surface area (Å²) in [5, 5.41) is 20.3. The van der Waals surface area contributed by atoms with E-state index in [0.717, 1.165) is 28.5 Å². The van der Waals surface area contributed by atoms with Crippen molar-refractivity contribution in [3.63, 3.8) is 0 Å². The van der Waals surface area contributed by atoms with Crippen LogP contribution in [-0.4, -0.2) is 26.9 Å². The predicted molar refractivity (Wildman–Crippen MR) is 64.2 cm³/mol. The van der Waals surface area contributed by atoms with Crippen LogP contribution in [0.15, 0.2) is 12.4 Å². The van der Waals surface area contributed by atoms with Crippen LogP contribution in [0.3, 0.4) is 0 Å². The molecule has 0 fully saturated rings. The topological polar surface area (TPSA) is 66.5 Å². The van der Waals surface area contributed by atoms with Crippen molar-refractivity contribution in [2.75, 3.05) is 6.54 Å². The number of aromatic nitrogens is 4. The zero-order valence-electron chi connectivity index (χ0n) is 9.40. The smallest absolute Gasteiger partial charge is 0.151 e. The number of nitrogens with one attached hydrogen (secondary N) is 2. The Morgan fingerprint density at radius 2 is 2.38 bits per heavy atom. The van der Waals surface area contributed by atoms with E-state index in [1.165, 1.54) is 0 Å². The van der Waals surface area contributed by atoms with Gasteiger partial charge in [0.1, 0.15) is 5.01 Å². The number of hydrogen-bond donors (Lipinski definition) is 2. The maximum Gasteiger partial charge on any atom is 0.151 e. The molecular formula is C10H15N5S. The molecule has 0 saturated carbocycles. The average molecular weight is 237 g/mol. The lowest BCUT2D eigenvalue weighted by molar-refractivity contribution is 0.564. The minimum atomic E-state index is 0.262. The molecule has 2 aromatic rings. The van der Waals surface area contributed by atoms with E-state index in [1.807, 2.05) is 6.20 Å². The molecule has 0 bridgehead atoms. The van der Waals surface area contributed by atoms with E-state index in [-0.39, 0.29) is 6.04 Å². The summed E-state index contributed by atoms with van der Waals surface area (Å²) in [7, 11) is 0. The molecular weight excluding hydrogens is 222 g/mol. The number of hydrogen-bond acceptors (Lipinski definition) is 5. The minimum Gasteiger partial charge on any atom is -0.308 e. The highest BCUT2D eigenvalue weighted by Gasteiger charge is 2.12. The molecule has 0 aromatic carbocycles. The van der Waals surface area contributed by atoms with E-state index < -0.39 is 0 Å². The zero-order valence-corrected chi connectivity index (χ0v) is 10.2. The van der Waals surface area contributed by atoms with Gasteiger partial charge in [0.05, 0.1) is 17.8 Å². The molecule has 2 heterocycles. The van der Waals surface area contributed by atoms with Crippen LogP contribution in [0.25, 0.3) is 10.6 Å². The lowest BCUT2D eigenvalue weighted by atomic mass is 10.3. The van der Waals surface area contributed by atoms with Crippen LogP contribution in [0.1, 0.15) is 31.3 Å². The molecule has 0 aliphatic heterocycles. The van der Waals surface area contributed by atoms with Crippen LogP contribution in [-0.2, 0) is 0 Å². The van der Waals surface area contributed by atoms with Gasteiger partial charge in [0.25, 0.3) is 0 Å². The van der Waals surface area contributed by atoms with Crippen LogP contribution >= 0.6 is 11.3 Å². The summed E-state index contributed by atoms with van der Waals surface area (Å²) < 4.78 is 0. The third-order valence-corrected chi connectivity index (χ3v) is 3.41. The Kier molecular flexibility index (Phi) is 3.63. The molecule has 0 saturated heterocycles. The van der Waals surface area contributed by atoms with Crippen LogP contribution in [0.5, 0.6) is 0 Å². The first-order valence-electron chi connectivity index (χ1n) is 5.37. The second kappa shape index (κ2) is 5.18. The first-order chi connectivity index (χ1) is 7.81. The van der Waals surface area contributed by atoms with Crippen LogP contribution < -0.4 is 5.32 Å². The van der Waals surface area contributed by atoms with Gasteiger partial charge in [-0.25, -0.2) is 0 Å². The molecule has 16 heavy (non-hydrogen) atoms. The summed E-state index contributed by atoms with van der Waals surface area (Å²) in [4.78, 5) is 0. The van der Waals surface area contributed by atoms with Gasteiger partial charge in [0.2, 0.25) is 0 Å². The van der Waals surface area contributed by atoms with Crippen molar-refractivity contribution in [3.8, 4) is 10.6 Å². The van der Waals surface area contributed by atoms with E-state index in [2.05, 4.69) is 39.6 Å². The predicted octanol–water partition coefficient (Wildman–Crippen LogP) is 1.99. The molecule has 1 unspecified atom stereocenters. The molecule has 2 aromatic heterocycles. The third-order valence-electron chi connectivity index (χ3n) is 2.26. The van der Waals surface area contributed by atoms with E-state index in [1.54, 1.807) is 17.5 Å². The Morgan fingerprint density at radius 3 is 3.06 bits per heavy atom. The van der Waals surface area contributed by atoms with Gasteiger partial charge in [-0.15, -0.1) is 10.2 Å². The first-order valence-corrected chi connectivity index (χ1v) is 6.19. The van der Waals surface area contributed by atoms with Gasteiger partial charge in [0.15, 0.2) is 5.01 Å². The third kappa shape index (κ3) is 2.45. The fraction of sp³-hybridized carbons (Fsp3) is 0.500. The van der Waals surface area contributed by atoms with Gasteiger partial charge in [-0.05, 0) is 19.9 Å². The summed E-state index contributed by atoms with van der Waals surface area (Å²) in [6, 6.07) is 0.262. The maximum absolute atomic E-state index is 4.19. The molecule has 0 spiro atoms. The Labute approximate surface area is 98.3 Å². The quantitative estimate of drug-likeness (QED) is 0.834. The van der Waals surface area contributed by atoms with Crippen molar-refractivity contribution in [1.29, 1.82) is 0 Å². The highest BCUT2D eigenvalue weighted by atomic mass is 32.1. The monoisotopic (exact) mass is 237 g/mol. The van der Waals surface area contributed by atoms with Gasteiger partial charge in [-0.3, -0.25) is 5.10 Å². The van der Waals surface area contributed by atoms with Crippen molar-refractivity contribution in [2.24, 2.45) is 0 Å². The largest absolute Gasteiger partial charge is 0.308 e. The van der Waals surface area contributed by atoms with E-state index in [4.69, 9.17) is 0 Å². The van der Waals surface area contributed by atoms with E-state index in [9.17, 15) is 0 Å². The molecule has 1 atom stereocenters. The lowest BCUT2D eigenvalue weighted by Crippen LogP contribution is -2.18. The second-order valence-electron chi connectivity index (χ2n) is 3.61. The number of H-pyrrole nitrogens is 1. The van der Waals surface area contributed by atoms with Crippen molar-refractivity contribution in [2.45, 2.75) is 26.3 Å². The molecule has 2 N–H and O–H groups in total. The fourth-order valence-electron chi connectivity index (χ4n) is 1.34. The summed E-state index contributed by atoms with van der Waals surface area (Å²) >= 11 is 1.60. The maximum atomic E-state index is 4.19. The Balaban J connectivity index is 2.07. The Hall–Kier alpha value is -1.27. The Bertz CT molecular complexity index is 422. The number of rotatable bonds is 5. The summed E-state index contributed by atoms with van der Waals surface area (Å²) in [6.45, 7) is 5.26. The van der Waals surface area contributed by atoms with Crippen molar-refractivity contribution >= 4 is 11.3 Å². The highest BCUT2D eigenvalue weighted by Crippen LogP contribution is 2.25. The van der Waals surface area contributed by atoms with Crippen molar-refractivity contribution < 1.29 is 0 Å². The summed E-state index contributed by atoms with van der Waals surface area (Å²) in [5.41, 5.74) is 0.992. The van der Waals surface area contributed by atoms with Gasteiger partial charge in [-0.2, -0.15) is 5.10 Å². The molecule has 0 aliphatic rings. The molecule has 6 heteroatoms. The standard InChI is InChI=1S/C10H15N5S/c1-3-4-11-7(2)9-14-15-10(16-9)8-5-12-13-6-8/h5-7,11H,3-4H2,1-2H3,(H,12,13). The summed E-state index contributed by atoms with van der Waals surface area (Å²) in [6.07, 6.45) is 4.71. The average Bonchev–Trinajstić information content (AvgIpc) is 2.94. The fourth-order valence-corrected chi connectivity index (χ4v) is 2.19. The SMILES string of the molecule is CCCNC(C)c1nnc(-c2cn[nH]c2)s1. The van der Waals surface area contributed by atoms with Gasteiger partial charge in [0, 0.05) is 6.20 Å². The number of nitrogens with zero attached hydrogens (tertiary/aromatic N) is 3. The highest BCUT2D eigenvalue weighted by molar-refractivity contribution is 7.14. The number of aromatic amines is 1. The van der Waals surface area contributed by atoms with E-state index in [0.29, 0.717) is 0 Å². The molecule has 0 aliphatic carbocycles. The van der Waals surface area contributed by atoms with Gasteiger partial charge >= 0.3 is 0 Å². The summed E-state index contributed by atoms with van der Waals surface area (Å²) in [5.74, 6) is 0. The molecule has 86 valence electrons. The first kappa shape index (κ1) is 11.2. The molecule has 0 radical (unpaired) electrons. The normalized spacial score (nSPS) is 12.9. The molecule has 2 rings (SSSR count). The van der Waals surface area contributed by atoms with Gasteiger partial charge < -0.3 is 5.32 Å².